The molecule has 0 unspecified atom stereocenters. The molecule has 0 atom stereocenters. The molecule has 0 aromatic heterocycles. The molecule has 0 heterocycles. The van der Waals surface area contributed by atoms with Crippen LogP contribution in [0, 0.1) is 0 Å². The van der Waals surface area contributed by atoms with Gasteiger partial charge in [0.25, 0.3) is 0 Å². The van der Waals surface area contributed by atoms with Crippen molar-refractivity contribution in [3.63, 3.8) is 0 Å². The largest absolute Gasteiger partial charge is 0.436 e. The van der Waals surface area contributed by atoms with E-state index >= 15 is 0 Å². The summed E-state index contributed by atoms with van der Waals surface area (Å²) in [5.41, 5.74) is 0. The standard InChI is InChI=1S/C10H26Cl2O6S2Si3/c1-21(2,9-7-19(11,13)14)17-23(5,6)18-22(3,4)10-8-20(12,15)16/h7-10H2,1-6H3. The normalized spacial score (nSPS) is 15.0. The van der Waals surface area contributed by atoms with Crippen molar-refractivity contribution >= 4 is 64.7 Å². The van der Waals surface area contributed by atoms with Crippen molar-refractivity contribution in [2.75, 3.05) is 11.5 Å². The summed E-state index contributed by atoms with van der Waals surface area (Å²) in [7, 11) is -3.61. The lowest BCUT2D eigenvalue weighted by Crippen LogP contribution is -2.53. The monoisotopic (exact) mass is 460 g/mol. The van der Waals surface area contributed by atoms with Crippen LogP contribution in [-0.4, -0.2) is 53.5 Å². The van der Waals surface area contributed by atoms with Gasteiger partial charge in [-0.2, -0.15) is 0 Å². The molecule has 0 amide bonds. The summed E-state index contributed by atoms with van der Waals surface area (Å²) in [5, 5.41) is 0. The first-order valence-electron chi connectivity index (χ1n) is 7.08. The van der Waals surface area contributed by atoms with E-state index in [1.165, 1.54) is 0 Å². The molecule has 0 saturated heterocycles. The Kier molecular flexibility index (Phi) is 8.54. The summed E-state index contributed by atoms with van der Waals surface area (Å²) < 4.78 is 56.8. The predicted molar refractivity (Wildman–Crippen MR) is 104 cm³/mol. The van der Waals surface area contributed by atoms with Crippen molar-refractivity contribution in [1.82, 2.24) is 0 Å². The van der Waals surface area contributed by atoms with Gasteiger partial charge in [-0.1, -0.05) is 0 Å². The van der Waals surface area contributed by atoms with Gasteiger partial charge in [0.05, 0.1) is 11.5 Å². The molecule has 13 heteroatoms. The minimum absolute atomic E-state index is 0.121. The first-order valence-corrected chi connectivity index (χ1v) is 21.1. The van der Waals surface area contributed by atoms with Crippen LogP contribution in [0.1, 0.15) is 0 Å². The van der Waals surface area contributed by atoms with Gasteiger partial charge in [-0.05, 0) is 51.4 Å². The molecule has 0 aliphatic carbocycles. The molecule has 0 aromatic rings. The van der Waals surface area contributed by atoms with E-state index in [4.69, 9.17) is 29.6 Å². The molecule has 0 N–H and O–H groups in total. The second kappa shape index (κ2) is 8.16. The number of halogens is 2. The zero-order chi connectivity index (χ0) is 18.7. The summed E-state index contributed by atoms with van der Waals surface area (Å²) in [5.74, 6) is -0.243. The Bertz CT molecular complexity index is 552. The highest BCUT2D eigenvalue weighted by Crippen LogP contribution is 2.25. The average molecular weight is 462 g/mol. The Morgan fingerprint density at radius 3 is 1.17 bits per heavy atom. The van der Waals surface area contributed by atoms with Crippen molar-refractivity contribution in [1.29, 1.82) is 0 Å². The van der Waals surface area contributed by atoms with Gasteiger partial charge in [0.2, 0.25) is 18.1 Å². The van der Waals surface area contributed by atoms with E-state index < -0.39 is 43.3 Å². The quantitative estimate of drug-likeness (QED) is 0.367. The van der Waals surface area contributed by atoms with Crippen molar-refractivity contribution in [2.45, 2.75) is 51.4 Å². The van der Waals surface area contributed by atoms with Crippen molar-refractivity contribution in [3.8, 4) is 0 Å². The predicted octanol–water partition coefficient (Wildman–Crippen LogP) is 3.27. The van der Waals surface area contributed by atoms with Gasteiger partial charge in [-0.25, -0.2) is 16.8 Å². The fourth-order valence-corrected chi connectivity index (χ4v) is 21.5. The average Bonchev–Trinajstić information content (AvgIpc) is 2.19. The molecule has 140 valence electrons. The smallest absolute Gasteiger partial charge is 0.311 e. The zero-order valence-electron chi connectivity index (χ0n) is 14.4. The summed E-state index contributed by atoms with van der Waals surface area (Å²) in [4.78, 5) is 0. The number of hydrogen-bond acceptors (Lipinski definition) is 6. The molecule has 0 aromatic carbocycles. The van der Waals surface area contributed by atoms with Gasteiger partial charge in [-0.3, -0.25) is 0 Å². The second-order valence-electron chi connectivity index (χ2n) is 7.11. The highest BCUT2D eigenvalue weighted by Gasteiger charge is 2.40. The lowest BCUT2D eigenvalue weighted by molar-refractivity contribution is 0.389. The van der Waals surface area contributed by atoms with Crippen LogP contribution in [0.3, 0.4) is 0 Å². The van der Waals surface area contributed by atoms with Gasteiger partial charge in [0.1, 0.15) is 0 Å². The maximum absolute atomic E-state index is 11.1. The fourth-order valence-electron chi connectivity index (χ4n) is 2.19. The number of rotatable bonds is 10. The third-order valence-electron chi connectivity index (χ3n) is 2.94. The molecule has 0 aliphatic rings. The van der Waals surface area contributed by atoms with Crippen LogP contribution >= 0.6 is 21.4 Å². The topological polar surface area (TPSA) is 86.7 Å². The third kappa shape index (κ3) is 14.0. The summed E-state index contributed by atoms with van der Waals surface area (Å²) in [6.45, 7) is 11.5. The van der Waals surface area contributed by atoms with Crippen molar-refractivity contribution in [3.05, 3.63) is 0 Å². The molecule has 0 saturated carbocycles. The van der Waals surface area contributed by atoms with Gasteiger partial charge in [0.15, 0.2) is 16.6 Å². The molecule has 0 rings (SSSR count). The maximum atomic E-state index is 11.1. The molecule has 6 nitrogen and oxygen atoms in total. The van der Waals surface area contributed by atoms with Gasteiger partial charge in [0, 0.05) is 21.4 Å². The van der Waals surface area contributed by atoms with E-state index in [0.717, 1.165) is 0 Å². The molecule has 0 radical (unpaired) electrons. The Balaban J connectivity index is 4.78. The maximum Gasteiger partial charge on any atom is 0.311 e. The van der Waals surface area contributed by atoms with E-state index in [-0.39, 0.29) is 11.5 Å². The highest BCUT2D eigenvalue weighted by atomic mass is 35.7. The number of hydrogen-bond donors (Lipinski definition) is 0. The SMILES string of the molecule is C[Si](C)(CCS(=O)(=O)Cl)O[Si](C)(C)O[Si](C)(C)CCS(=O)(=O)Cl. The van der Waals surface area contributed by atoms with Crippen LogP contribution < -0.4 is 0 Å². The van der Waals surface area contributed by atoms with Crippen LogP contribution in [0.15, 0.2) is 0 Å². The summed E-state index contributed by atoms with van der Waals surface area (Å²) >= 11 is 0. The van der Waals surface area contributed by atoms with E-state index in [1.807, 2.05) is 39.3 Å². The Morgan fingerprint density at radius 2 is 0.957 bits per heavy atom. The molecular formula is C10H26Cl2O6S2Si3. The zero-order valence-corrected chi connectivity index (χ0v) is 20.5. The summed E-state index contributed by atoms with van der Waals surface area (Å²) in [6, 6.07) is 0.771. The molecular weight excluding hydrogens is 435 g/mol. The van der Waals surface area contributed by atoms with E-state index in [0.29, 0.717) is 12.1 Å². The molecule has 23 heavy (non-hydrogen) atoms. The molecule has 0 bridgehead atoms. The van der Waals surface area contributed by atoms with E-state index in [9.17, 15) is 16.8 Å². The van der Waals surface area contributed by atoms with Crippen LogP contribution in [0.5, 0.6) is 0 Å². The minimum Gasteiger partial charge on any atom is -0.436 e. The Hall–Kier alpha value is 1.05. The van der Waals surface area contributed by atoms with Crippen molar-refractivity contribution in [2.24, 2.45) is 0 Å². The fraction of sp³-hybridized carbons (Fsp3) is 1.00. The Morgan fingerprint density at radius 1 is 0.696 bits per heavy atom. The summed E-state index contributed by atoms with van der Waals surface area (Å²) in [6.07, 6.45) is 0. The van der Waals surface area contributed by atoms with Gasteiger partial charge >= 0.3 is 8.56 Å². The highest BCUT2D eigenvalue weighted by molar-refractivity contribution is 8.14. The molecule has 0 spiro atoms. The lowest BCUT2D eigenvalue weighted by Gasteiger charge is -2.38. The van der Waals surface area contributed by atoms with Gasteiger partial charge in [-0.15, -0.1) is 0 Å². The van der Waals surface area contributed by atoms with E-state index in [2.05, 4.69) is 0 Å². The van der Waals surface area contributed by atoms with Crippen LogP contribution in [0.25, 0.3) is 0 Å². The third-order valence-corrected chi connectivity index (χ3v) is 17.2. The Labute approximate surface area is 152 Å². The van der Waals surface area contributed by atoms with Crippen LogP contribution in [0.4, 0.5) is 0 Å². The van der Waals surface area contributed by atoms with Gasteiger partial charge < -0.3 is 8.23 Å². The first-order chi connectivity index (χ1) is 9.83. The molecule has 0 aliphatic heterocycles. The molecule has 0 fully saturated rings. The second-order valence-corrected chi connectivity index (χ2v) is 25.4. The van der Waals surface area contributed by atoms with E-state index in [1.54, 1.807) is 0 Å². The van der Waals surface area contributed by atoms with Crippen LogP contribution in [0.2, 0.25) is 51.4 Å². The first kappa shape index (κ1) is 24.1. The lowest BCUT2D eigenvalue weighted by atomic mass is 11.0. The van der Waals surface area contributed by atoms with Crippen LogP contribution in [-0.2, 0) is 26.3 Å². The van der Waals surface area contributed by atoms with Crippen molar-refractivity contribution < 1.29 is 25.1 Å². The minimum atomic E-state index is -3.54.